The maximum Gasteiger partial charge on any atom is 0.387 e. The van der Waals surface area contributed by atoms with Gasteiger partial charge in [0.05, 0.1) is 5.39 Å². The van der Waals surface area contributed by atoms with Crippen LogP contribution >= 0.6 is 0 Å². The minimum atomic E-state index is -2.97. The lowest BCUT2D eigenvalue weighted by molar-refractivity contribution is -0.117. The zero-order valence-electron chi connectivity index (χ0n) is 16.7. The molecule has 0 spiro atoms. The van der Waals surface area contributed by atoms with Gasteiger partial charge in [-0.15, -0.1) is 5.10 Å². The summed E-state index contributed by atoms with van der Waals surface area (Å²) in [5.74, 6) is -0.483. The number of nitrogens with zero attached hydrogens (tertiary/aromatic N) is 3. The van der Waals surface area contributed by atoms with Crippen LogP contribution in [0, 0.1) is 0 Å². The summed E-state index contributed by atoms with van der Waals surface area (Å²) in [6.45, 7) is -3.32. The number of rotatable bonds is 7. The summed E-state index contributed by atoms with van der Waals surface area (Å²) in [4.78, 5) is 25.0. The van der Waals surface area contributed by atoms with Crippen molar-refractivity contribution in [2.75, 3.05) is 5.32 Å². The van der Waals surface area contributed by atoms with E-state index in [4.69, 9.17) is 0 Å². The molecule has 1 N–H and O–H groups in total. The zero-order valence-corrected chi connectivity index (χ0v) is 16.7. The fraction of sp³-hybridized carbons (Fsp3) is 0.130. The van der Waals surface area contributed by atoms with Crippen molar-refractivity contribution in [3.8, 4) is 5.75 Å². The van der Waals surface area contributed by atoms with Crippen LogP contribution in [0.2, 0.25) is 0 Å². The van der Waals surface area contributed by atoms with Crippen molar-refractivity contribution >= 4 is 22.5 Å². The van der Waals surface area contributed by atoms with E-state index in [9.17, 15) is 18.4 Å². The Morgan fingerprint density at radius 2 is 1.78 bits per heavy atom. The van der Waals surface area contributed by atoms with Crippen LogP contribution in [0.5, 0.6) is 5.75 Å². The van der Waals surface area contributed by atoms with E-state index in [1.54, 1.807) is 30.3 Å². The van der Waals surface area contributed by atoms with E-state index in [1.165, 1.54) is 12.1 Å². The molecule has 0 aliphatic carbocycles. The number of carbonyl (C=O) groups excluding carboxylic acids is 1. The maximum atomic E-state index is 12.8. The fourth-order valence-electron chi connectivity index (χ4n) is 3.29. The van der Waals surface area contributed by atoms with Gasteiger partial charge in [-0.2, -0.15) is 8.78 Å². The van der Waals surface area contributed by atoms with Crippen molar-refractivity contribution in [2.24, 2.45) is 0 Å². The summed E-state index contributed by atoms with van der Waals surface area (Å²) in [6.07, 6.45) is 0.336. The van der Waals surface area contributed by atoms with Crippen molar-refractivity contribution < 1.29 is 18.3 Å². The molecule has 4 aromatic rings. The first-order valence-electron chi connectivity index (χ1n) is 9.73. The molecule has 9 heteroatoms. The van der Waals surface area contributed by atoms with E-state index in [0.717, 1.165) is 10.2 Å². The lowest BCUT2D eigenvalue weighted by Gasteiger charge is -2.14. The molecule has 0 saturated heterocycles. The monoisotopic (exact) mass is 436 g/mol. The van der Waals surface area contributed by atoms with Crippen molar-refractivity contribution in [3.63, 3.8) is 0 Å². The van der Waals surface area contributed by atoms with E-state index in [0.29, 0.717) is 28.6 Å². The van der Waals surface area contributed by atoms with Crippen molar-refractivity contribution in [2.45, 2.75) is 19.6 Å². The molecule has 0 aliphatic rings. The Morgan fingerprint density at radius 1 is 1.03 bits per heavy atom. The molecule has 0 bridgehead atoms. The number of amides is 1. The first kappa shape index (κ1) is 21.1. The second kappa shape index (κ2) is 9.34. The zero-order chi connectivity index (χ0) is 22.5. The average Bonchev–Trinajstić information content (AvgIpc) is 2.78. The highest BCUT2D eigenvalue weighted by atomic mass is 19.3. The molecule has 0 fully saturated rings. The van der Waals surface area contributed by atoms with E-state index in [2.05, 4.69) is 20.4 Å². The third-order valence-corrected chi connectivity index (χ3v) is 4.72. The first-order valence-corrected chi connectivity index (χ1v) is 9.73. The first-order chi connectivity index (χ1) is 15.5. The Hall–Kier alpha value is -4.14. The van der Waals surface area contributed by atoms with E-state index < -0.39 is 18.1 Å². The number of hydrogen-bond acceptors (Lipinski definition) is 5. The summed E-state index contributed by atoms with van der Waals surface area (Å²) >= 11 is 0. The van der Waals surface area contributed by atoms with Gasteiger partial charge in [0.2, 0.25) is 5.91 Å². The van der Waals surface area contributed by atoms with Gasteiger partial charge in [0.15, 0.2) is 0 Å². The standard InChI is InChI=1S/C23H18F2N4O3/c24-23(25)32-20-11-10-17(13-16(20)12-15-6-2-1-3-7-15)26-21(30)14-29-22(31)18-8-4-5-9-19(18)27-28-29/h1-11,13,23H,12,14H2,(H,26,30). The second-order valence-electron chi connectivity index (χ2n) is 6.98. The molecule has 1 amide bonds. The van der Waals surface area contributed by atoms with E-state index in [1.807, 2.05) is 30.3 Å². The van der Waals surface area contributed by atoms with Gasteiger partial charge in [0.25, 0.3) is 5.56 Å². The third-order valence-electron chi connectivity index (χ3n) is 4.72. The van der Waals surface area contributed by atoms with Crippen molar-refractivity contribution in [1.29, 1.82) is 0 Å². The number of carbonyl (C=O) groups is 1. The molecule has 0 unspecified atom stereocenters. The van der Waals surface area contributed by atoms with Crippen LogP contribution in [-0.2, 0) is 17.8 Å². The average molecular weight is 436 g/mol. The molecule has 0 aliphatic heterocycles. The Balaban J connectivity index is 1.54. The van der Waals surface area contributed by atoms with Crippen LogP contribution in [0.4, 0.5) is 14.5 Å². The summed E-state index contributed by atoms with van der Waals surface area (Å²) < 4.78 is 31.2. The molecular weight excluding hydrogens is 418 g/mol. The lowest BCUT2D eigenvalue weighted by atomic mass is 10.0. The quantitative estimate of drug-likeness (QED) is 0.478. The maximum absolute atomic E-state index is 12.8. The van der Waals surface area contributed by atoms with Crippen LogP contribution in [0.25, 0.3) is 10.9 Å². The van der Waals surface area contributed by atoms with Crippen LogP contribution in [0.1, 0.15) is 11.1 Å². The summed E-state index contributed by atoms with van der Waals surface area (Å²) in [5.41, 5.74) is 1.76. The molecule has 1 heterocycles. The predicted octanol–water partition coefficient (Wildman–Crippen LogP) is 3.62. The molecule has 7 nitrogen and oxygen atoms in total. The Kier molecular flexibility index (Phi) is 6.16. The summed E-state index contributed by atoms with van der Waals surface area (Å²) in [5, 5.41) is 10.8. The predicted molar refractivity (Wildman–Crippen MR) is 115 cm³/mol. The van der Waals surface area contributed by atoms with Crippen molar-refractivity contribution in [1.82, 2.24) is 15.0 Å². The number of anilines is 1. The number of nitrogens with one attached hydrogen (secondary N) is 1. The van der Waals surface area contributed by atoms with Crippen LogP contribution in [0.3, 0.4) is 0 Å². The number of hydrogen-bond donors (Lipinski definition) is 1. The van der Waals surface area contributed by atoms with Gasteiger partial charge in [-0.1, -0.05) is 47.7 Å². The fourth-order valence-corrected chi connectivity index (χ4v) is 3.29. The Labute approximate surface area is 181 Å². The van der Waals surface area contributed by atoms with Gasteiger partial charge in [-0.3, -0.25) is 9.59 Å². The van der Waals surface area contributed by atoms with Gasteiger partial charge in [0.1, 0.15) is 17.8 Å². The summed E-state index contributed by atoms with van der Waals surface area (Å²) in [7, 11) is 0. The largest absolute Gasteiger partial charge is 0.435 e. The number of ether oxygens (including phenoxy) is 1. The van der Waals surface area contributed by atoms with Crippen molar-refractivity contribution in [3.05, 3.63) is 94.3 Å². The highest BCUT2D eigenvalue weighted by Gasteiger charge is 2.14. The normalized spacial score (nSPS) is 11.0. The molecule has 0 atom stereocenters. The van der Waals surface area contributed by atoms with Gasteiger partial charge >= 0.3 is 6.61 Å². The number of alkyl halides is 2. The number of fused-ring (bicyclic) bond motifs is 1. The number of halogens is 2. The highest BCUT2D eigenvalue weighted by Crippen LogP contribution is 2.27. The number of aromatic nitrogens is 3. The molecule has 32 heavy (non-hydrogen) atoms. The summed E-state index contributed by atoms with van der Waals surface area (Å²) in [6, 6.07) is 20.4. The minimum Gasteiger partial charge on any atom is -0.435 e. The molecule has 3 aromatic carbocycles. The van der Waals surface area contributed by atoms with E-state index in [-0.39, 0.29) is 12.3 Å². The molecular formula is C23H18F2N4O3. The van der Waals surface area contributed by atoms with Crippen LogP contribution in [-0.4, -0.2) is 27.5 Å². The lowest BCUT2D eigenvalue weighted by Crippen LogP contribution is -2.30. The van der Waals surface area contributed by atoms with Crippen LogP contribution in [0.15, 0.2) is 77.6 Å². The highest BCUT2D eigenvalue weighted by molar-refractivity contribution is 5.91. The third kappa shape index (κ3) is 4.94. The van der Waals surface area contributed by atoms with Gasteiger partial charge < -0.3 is 10.1 Å². The van der Waals surface area contributed by atoms with Gasteiger partial charge in [-0.25, -0.2) is 4.68 Å². The van der Waals surface area contributed by atoms with Gasteiger partial charge in [0, 0.05) is 17.7 Å². The topological polar surface area (TPSA) is 86.1 Å². The molecule has 0 radical (unpaired) electrons. The minimum absolute atomic E-state index is 0.0264. The van der Waals surface area contributed by atoms with E-state index >= 15 is 0 Å². The molecule has 4 rings (SSSR count). The Bertz CT molecular complexity index is 1310. The Morgan fingerprint density at radius 3 is 2.56 bits per heavy atom. The smallest absolute Gasteiger partial charge is 0.387 e. The van der Waals surface area contributed by atoms with Gasteiger partial charge in [-0.05, 0) is 35.9 Å². The molecule has 162 valence electrons. The second-order valence-corrected chi connectivity index (χ2v) is 6.98. The molecule has 0 saturated carbocycles. The van der Waals surface area contributed by atoms with Crippen LogP contribution < -0.4 is 15.6 Å². The number of benzene rings is 3. The molecule has 1 aromatic heterocycles. The SMILES string of the molecule is O=C(Cn1nnc2ccccc2c1=O)Nc1ccc(OC(F)F)c(Cc2ccccc2)c1.